The molecule has 0 aliphatic carbocycles. The van der Waals surface area contributed by atoms with Crippen molar-refractivity contribution in [2.45, 2.75) is 6.54 Å². The van der Waals surface area contributed by atoms with Gasteiger partial charge in [-0.25, -0.2) is 9.78 Å². The molecule has 1 heterocycles. The summed E-state index contributed by atoms with van der Waals surface area (Å²) in [6.45, 7) is 0.292. The van der Waals surface area contributed by atoms with Gasteiger partial charge in [-0.1, -0.05) is 12.1 Å². The number of hydrogen-bond acceptors (Lipinski definition) is 4. The van der Waals surface area contributed by atoms with Gasteiger partial charge in [-0.2, -0.15) is 5.26 Å². The molecule has 0 atom stereocenters. The molecular weight excluding hydrogens is 268 g/mol. The normalized spacial score (nSPS) is 9.52. The third-order valence-electron chi connectivity index (χ3n) is 2.73. The first-order chi connectivity index (χ1) is 10.2. The molecule has 0 radical (unpaired) electrons. The molecule has 0 bridgehead atoms. The van der Waals surface area contributed by atoms with Crippen LogP contribution in [0, 0.1) is 11.3 Å². The van der Waals surface area contributed by atoms with Gasteiger partial charge in [0.15, 0.2) is 0 Å². The largest absolute Gasteiger partial charge is 0.481 e. The minimum atomic E-state index is -0.365. The van der Waals surface area contributed by atoms with Crippen molar-refractivity contribution in [1.29, 1.82) is 5.26 Å². The minimum Gasteiger partial charge on any atom is -0.481 e. The van der Waals surface area contributed by atoms with Crippen LogP contribution in [-0.2, 0) is 6.54 Å². The number of pyridine rings is 1. The summed E-state index contributed by atoms with van der Waals surface area (Å²) in [5.74, 6) is 0.476. The van der Waals surface area contributed by atoms with Crippen LogP contribution in [0.2, 0.25) is 0 Å². The highest BCUT2D eigenvalue weighted by molar-refractivity contribution is 5.89. The zero-order valence-electron chi connectivity index (χ0n) is 11.5. The number of methoxy groups -OCH3 is 1. The Hall–Kier alpha value is -3.07. The number of carbonyl (C=O) groups is 1. The highest BCUT2D eigenvalue weighted by Crippen LogP contribution is 2.13. The molecule has 2 rings (SSSR count). The van der Waals surface area contributed by atoms with Crippen molar-refractivity contribution >= 4 is 11.7 Å². The number of nitrogens with one attached hydrogen (secondary N) is 2. The molecule has 0 aliphatic rings. The van der Waals surface area contributed by atoms with E-state index in [1.807, 2.05) is 12.1 Å². The summed E-state index contributed by atoms with van der Waals surface area (Å²) in [4.78, 5) is 15.9. The molecule has 0 spiro atoms. The number of benzene rings is 1. The Morgan fingerprint density at radius 3 is 3.00 bits per heavy atom. The lowest BCUT2D eigenvalue weighted by Gasteiger charge is -2.09. The van der Waals surface area contributed by atoms with Crippen molar-refractivity contribution < 1.29 is 9.53 Å². The third-order valence-corrected chi connectivity index (χ3v) is 2.73. The number of rotatable bonds is 4. The lowest BCUT2D eigenvalue weighted by Crippen LogP contribution is -2.28. The molecular formula is C15H14N4O2. The van der Waals surface area contributed by atoms with Gasteiger partial charge in [-0.05, 0) is 24.3 Å². The van der Waals surface area contributed by atoms with E-state index in [0.717, 1.165) is 5.56 Å². The molecule has 21 heavy (non-hydrogen) atoms. The van der Waals surface area contributed by atoms with Crippen molar-refractivity contribution in [2.75, 3.05) is 12.4 Å². The summed E-state index contributed by atoms with van der Waals surface area (Å²) < 4.78 is 5.11. The van der Waals surface area contributed by atoms with Gasteiger partial charge in [-0.3, -0.25) is 0 Å². The molecule has 0 saturated heterocycles. The molecule has 6 nitrogen and oxygen atoms in total. The third kappa shape index (κ3) is 3.94. The summed E-state index contributed by atoms with van der Waals surface area (Å²) in [5, 5.41) is 14.2. The van der Waals surface area contributed by atoms with Crippen molar-refractivity contribution in [1.82, 2.24) is 10.3 Å². The predicted molar refractivity (Wildman–Crippen MR) is 77.8 cm³/mol. The fourth-order valence-electron chi connectivity index (χ4n) is 1.76. The highest BCUT2D eigenvalue weighted by atomic mass is 16.5. The smallest absolute Gasteiger partial charge is 0.319 e. The number of ether oxygens (including phenoxy) is 1. The van der Waals surface area contributed by atoms with Crippen molar-refractivity contribution in [2.24, 2.45) is 0 Å². The first-order valence-corrected chi connectivity index (χ1v) is 6.26. The van der Waals surface area contributed by atoms with Gasteiger partial charge < -0.3 is 15.4 Å². The Morgan fingerprint density at radius 2 is 2.24 bits per heavy atom. The Kier molecular flexibility index (Phi) is 4.72. The second-order valence-electron chi connectivity index (χ2n) is 4.17. The lowest BCUT2D eigenvalue weighted by molar-refractivity contribution is 0.251. The number of hydrogen-bond donors (Lipinski definition) is 2. The SMILES string of the molecule is COc1ncccc1CNC(=O)Nc1cccc(C#N)c1. The van der Waals surface area contributed by atoms with Gasteiger partial charge in [0, 0.05) is 24.0 Å². The van der Waals surface area contributed by atoms with Crippen LogP contribution in [-0.4, -0.2) is 18.1 Å². The fourth-order valence-corrected chi connectivity index (χ4v) is 1.76. The molecule has 1 aromatic carbocycles. The Balaban J connectivity index is 1.94. The van der Waals surface area contributed by atoms with Crippen LogP contribution in [0.25, 0.3) is 0 Å². The number of anilines is 1. The van der Waals surface area contributed by atoms with Crippen LogP contribution < -0.4 is 15.4 Å². The molecule has 1 aromatic heterocycles. The van der Waals surface area contributed by atoms with Gasteiger partial charge >= 0.3 is 6.03 Å². The lowest BCUT2D eigenvalue weighted by atomic mass is 10.2. The van der Waals surface area contributed by atoms with E-state index in [9.17, 15) is 4.79 Å². The molecule has 0 saturated carbocycles. The molecule has 2 N–H and O–H groups in total. The van der Waals surface area contributed by atoms with E-state index in [1.54, 1.807) is 36.5 Å². The topological polar surface area (TPSA) is 87.0 Å². The quantitative estimate of drug-likeness (QED) is 0.900. The first kappa shape index (κ1) is 14.3. The van der Waals surface area contributed by atoms with E-state index in [0.29, 0.717) is 23.7 Å². The van der Waals surface area contributed by atoms with E-state index in [4.69, 9.17) is 10.00 Å². The van der Waals surface area contributed by atoms with Gasteiger partial charge in [0.2, 0.25) is 5.88 Å². The van der Waals surface area contributed by atoms with Crippen LogP contribution >= 0.6 is 0 Å². The second-order valence-corrected chi connectivity index (χ2v) is 4.17. The van der Waals surface area contributed by atoms with Crippen LogP contribution in [0.5, 0.6) is 5.88 Å². The maximum atomic E-state index is 11.8. The van der Waals surface area contributed by atoms with Gasteiger partial charge in [0.25, 0.3) is 0 Å². The standard InChI is InChI=1S/C15H14N4O2/c1-21-14-12(5-3-7-17-14)10-18-15(20)19-13-6-2-4-11(8-13)9-16/h2-8H,10H2,1H3,(H2,18,19,20). The number of carbonyl (C=O) groups excluding carboxylic acids is 1. The average Bonchev–Trinajstić information content (AvgIpc) is 2.53. The molecule has 0 fully saturated rings. The molecule has 0 unspecified atom stereocenters. The van der Waals surface area contributed by atoms with E-state index < -0.39 is 0 Å². The number of amides is 2. The number of aromatic nitrogens is 1. The summed E-state index contributed by atoms with van der Waals surface area (Å²) in [5.41, 5.74) is 1.83. The van der Waals surface area contributed by atoms with E-state index in [-0.39, 0.29) is 6.03 Å². The number of nitrogens with zero attached hydrogens (tertiary/aromatic N) is 2. The Bertz CT molecular complexity index is 679. The van der Waals surface area contributed by atoms with Gasteiger partial charge in [-0.15, -0.1) is 0 Å². The zero-order valence-corrected chi connectivity index (χ0v) is 11.5. The van der Waals surface area contributed by atoms with Crippen molar-refractivity contribution in [3.63, 3.8) is 0 Å². The summed E-state index contributed by atoms with van der Waals surface area (Å²) in [6.07, 6.45) is 1.62. The number of nitriles is 1. The number of urea groups is 1. The van der Waals surface area contributed by atoms with Crippen LogP contribution in [0.1, 0.15) is 11.1 Å². The maximum absolute atomic E-state index is 11.8. The van der Waals surface area contributed by atoms with Crippen LogP contribution in [0.4, 0.5) is 10.5 Å². The van der Waals surface area contributed by atoms with Gasteiger partial charge in [0.1, 0.15) is 0 Å². The molecule has 2 amide bonds. The Labute approximate surface area is 122 Å². The van der Waals surface area contributed by atoms with Crippen LogP contribution in [0.15, 0.2) is 42.6 Å². The minimum absolute atomic E-state index is 0.292. The highest BCUT2D eigenvalue weighted by Gasteiger charge is 2.06. The van der Waals surface area contributed by atoms with E-state index in [2.05, 4.69) is 15.6 Å². The van der Waals surface area contributed by atoms with Crippen molar-refractivity contribution in [3.8, 4) is 11.9 Å². The summed E-state index contributed by atoms with van der Waals surface area (Å²) in [7, 11) is 1.53. The predicted octanol–water partition coefficient (Wildman–Crippen LogP) is 2.28. The summed E-state index contributed by atoms with van der Waals surface area (Å²) >= 11 is 0. The molecule has 2 aromatic rings. The average molecular weight is 282 g/mol. The summed E-state index contributed by atoms with van der Waals surface area (Å²) in [6, 6.07) is 11.9. The second kappa shape index (κ2) is 6.91. The van der Waals surface area contributed by atoms with E-state index in [1.165, 1.54) is 7.11 Å². The van der Waals surface area contributed by atoms with E-state index >= 15 is 0 Å². The molecule has 6 heteroatoms. The monoisotopic (exact) mass is 282 g/mol. The van der Waals surface area contributed by atoms with Crippen molar-refractivity contribution in [3.05, 3.63) is 53.7 Å². The molecule has 0 aliphatic heterocycles. The maximum Gasteiger partial charge on any atom is 0.319 e. The zero-order chi connectivity index (χ0) is 15.1. The Morgan fingerprint density at radius 1 is 1.38 bits per heavy atom. The van der Waals surface area contributed by atoms with Crippen LogP contribution in [0.3, 0.4) is 0 Å². The molecule has 106 valence electrons. The van der Waals surface area contributed by atoms with Gasteiger partial charge in [0.05, 0.1) is 18.7 Å². The fraction of sp³-hybridized carbons (Fsp3) is 0.133. The first-order valence-electron chi connectivity index (χ1n) is 6.26.